The van der Waals surface area contributed by atoms with Crippen LogP contribution < -0.4 is 21.3 Å². The number of alkyl carbamates (subject to hydrolysis) is 1. The number of hydrogen-bond donors (Lipinski definition) is 4. The van der Waals surface area contributed by atoms with Crippen molar-refractivity contribution < 1.29 is 51.4 Å². The van der Waals surface area contributed by atoms with E-state index in [1.165, 1.54) is 0 Å². The minimum atomic E-state index is -3.60. The Morgan fingerprint density at radius 1 is 0.804 bits per heavy atom. The number of esters is 2. The van der Waals surface area contributed by atoms with E-state index >= 15 is 0 Å². The minimum absolute atomic E-state index is 0.0334. The van der Waals surface area contributed by atoms with Gasteiger partial charge in [0.2, 0.25) is 17.7 Å². The van der Waals surface area contributed by atoms with E-state index in [-0.39, 0.29) is 31.8 Å². The van der Waals surface area contributed by atoms with Crippen LogP contribution in [-0.2, 0) is 54.6 Å². The number of rotatable bonds is 18. The SMILES string of the molecule is CC(C)C[C@H](NC(=O)OCc1ccccc1)C(=O)N[C@@H](CCC(=O)OC(C)(C)C)C(=O)NCC(=O)N[C@H](/C=C/S(C)(=O)=O)CC(=O)OC(C)(C)C. The normalized spacial score (nSPS) is 13.8. The predicted octanol–water partition coefficient (Wildman–Crippen LogP) is 2.83. The molecular formula is C35H54N4O11S. The first-order valence-corrected chi connectivity index (χ1v) is 18.5. The Kier molecular flexibility index (Phi) is 17.8. The lowest BCUT2D eigenvalue weighted by Gasteiger charge is -2.25. The molecule has 0 unspecified atom stereocenters. The highest BCUT2D eigenvalue weighted by Gasteiger charge is 2.30. The molecule has 0 aliphatic carbocycles. The fraction of sp³-hybridized carbons (Fsp3) is 0.600. The fourth-order valence-corrected chi connectivity index (χ4v) is 4.80. The van der Waals surface area contributed by atoms with Crippen molar-refractivity contribution in [1.82, 2.24) is 21.3 Å². The average molecular weight is 739 g/mol. The topological polar surface area (TPSA) is 212 Å². The zero-order chi connectivity index (χ0) is 39.0. The summed E-state index contributed by atoms with van der Waals surface area (Å²) in [6.45, 7) is 13.0. The van der Waals surface area contributed by atoms with E-state index in [1.54, 1.807) is 65.8 Å². The summed E-state index contributed by atoms with van der Waals surface area (Å²) in [6, 6.07) is 5.40. The van der Waals surface area contributed by atoms with Gasteiger partial charge in [0.15, 0.2) is 9.84 Å². The molecular weight excluding hydrogens is 684 g/mol. The van der Waals surface area contributed by atoms with Gasteiger partial charge in [-0.3, -0.25) is 24.0 Å². The average Bonchev–Trinajstić information content (AvgIpc) is 2.97. The van der Waals surface area contributed by atoms with E-state index in [4.69, 9.17) is 14.2 Å². The van der Waals surface area contributed by atoms with Crippen LogP contribution in [0.1, 0.15) is 86.6 Å². The molecule has 0 fully saturated rings. The van der Waals surface area contributed by atoms with Gasteiger partial charge in [-0.1, -0.05) is 50.3 Å². The van der Waals surface area contributed by atoms with E-state index in [2.05, 4.69) is 21.3 Å². The first-order valence-electron chi connectivity index (χ1n) is 16.6. The van der Waals surface area contributed by atoms with Crippen molar-refractivity contribution in [3.63, 3.8) is 0 Å². The lowest BCUT2D eigenvalue weighted by Crippen LogP contribution is -2.55. The molecule has 0 aromatic heterocycles. The van der Waals surface area contributed by atoms with Gasteiger partial charge in [-0.2, -0.15) is 0 Å². The summed E-state index contributed by atoms with van der Waals surface area (Å²) >= 11 is 0. The van der Waals surface area contributed by atoms with Crippen LogP contribution in [0.4, 0.5) is 4.79 Å². The van der Waals surface area contributed by atoms with Gasteiger partial charge in [-0.15, -0.1) is 0 Å². The molecule has 3 atom stereocenters. The number of benzene rings is 1. The molecule has 286 valence electrons. The van der Waals surface area contributed by atoms with Crippen LogP contribution >= 0.6 is 0 Å². The monoisotopic (exact) mass is 738 g/mol. The van der Waals surface area contributed by atoms with Crippen LogP contribution in [0.2, 0.25) is 0 Å². The first-order chi connectivity index (χ1) is 23.4. The summed E-state index contributed by atoms with van der Waals surface area (Å²) < 4.78 is 39.2. The van der Waals surface area contributed by atoms with Gasteiger partial charge < -0.3 is 35.5 Å². The zero-order valence-electron chi connectivity index (χ0n) is 31.0. The highest BCUT2D eigenvalue weighted by atomic mass is 32.2. The third-order valence-corrected chi connectivity index (χ3v) is 7.00. The van der Waals surface area contributed by atoms with Crippen molar-refractivity contribution in [3.8, 4) is 0 Å². The Hall–Kier alpha value is -4.47. The summed E-state index contributed by atoms with van der Waals surface area (Å²) in [7, 11) is -3.60. The molecule has 0 spiro atoms. The largest absolute Gasteiger partial charge is 0.460 e. The Balaban J connectivity index is 3.08. The van der Waals surface area contributed by atoms with Gasteiger partial charge in [-0.05, 0) is 65.9 Å². The van der Waals surface area contributed by atoms with Gasteiger partial charge in [0.1, 0.15) is 29.9 Å². The van der Waals surface area contributed by atoms with Crippen molar-refractivity contribution in [3.05, 3.63) is 47.4 Å². The van der Waals surface area contributed by atoms with Crippen LogP contribution in [0.3, 0.4) is 0 Å². The van der Waals surface area contributed by atoms with Crippen LogP contribution in [0.25, 0.3) is 0 Å². The highest BCUT2D eigenvalue weighted by molar-refractivity contribution is 7.93. The Labute approximate surface area is 300 Å². The van der Waals surface area contributed by atoms with E-state index in [0.717, 1.165) is 23.3 Å². The lowest BCUT2D eigenvalue weighted by molar-refractivity contribution is -0.156. The van der Waals surface area contributed by atoms with Crippen LogP contribution in [0.15, 0.2) is 41.8 Å². The van der Waals surface area contributed by atoms with E-state index < -0.39 is 87.9 Å². The second-order valence-corrected chi connectivity index (χ2v) is 16.3. The molecule has 4 N–H and O–H groups in total. The molecule has 4 amide bonds. The van der Waals surface area contributed by atoms with E-state index in [0.29, 0.717) is 0 Å². The summed E-state index contributed by atoms with van der Waals surface area (Å²) in [5, 5.41) is 10.8. The predicted molar refractivity (Wildman–Crippen MR) is 189 cm³/mol. The number of amides is 4. The number of carbonyl (C=O) groups excluding carboxylic acids is 6. The lowest BCUT2D eigenvalue weighted by atomic mass is 10.0. The molecule has 1 aromatic carbocycles. The highest BCUT2D eigenvalue weighted by Crippen LogP contribution is 2.13. The molecule has 16 heteroatoms. The second kappa shape index (κ2) is 20.4. The smallest absolute Gasteiger partial charge is 0.408 e. The van der Waals surface area contributed by atoms with E-state index in [1.807, 2.05) is 19.9 Å². The Bertz CT molecular complexity index is 1480. The second-order valence-electron chi connectivity index (χ2n) is 14.4. The molecule has 1 aromatic rings. The van der Waals surface area contributed by atoms with Gasteiger partial charge >= 0.3 is 18.0 Å². The summed E-state index contributed by atoms with van der Waals surface area (Å²) in [6.07, 6.45) is 0.533. The first kappa shape index (κ1) is 44.6. The van der Waals surface area contributed by atoms with Crippen molar-refractivity contribution in [1.29, 1.82) is 0 Å². The van der Waals surface area contributed by atoms with E-state index in [9.17, 15) is 37.2 Å². The molecule has 1 rings (SSSR count). The molecule has 0 heterocycles. The third-order valence-electron chi connectivity index (χ3n) is 6.35. The van der Waals surface area contributed by atoms with Crippen molar-refractivity contribution in [2.45, 2.75) is 117 Å². The molecule has 0 aliphatic heterocycles. The summed E-state index contributed by atoms with van der Waals surface area (Å²) in [5.74, 6) is -3.72. The Morgan fingerprint density at radius 2 is 1.39 bits per heavy atom. The van der Waals surface area contributed by atoms with Gasteiger partial charge in [-0.25, -0.2) is 13.2 Å². The number of sulfone groups is 1. The number of carbonyl (C=O) groups is 6. The molecule has 0 radical (unpaired) electrons. The maximum atomic E-state index is 13.5. The maximum absolute atomic E-state index is 13.5. The number of nitrogens with one attached hydrogen (secondary N) is 4. The van der Waals surface area contributed by atoms with Crippen molar-refractivity contribution in [2.75, 3.05) is 12.8 Å². The number of ether oxygens (including phenoxy) is 3. The zero-order valence-corrected chi connectivity index (χ0v) is 31.8. The Morgan fingerprint density at radius 3 is 1.94 bits per heavy atom. The van der Waals surface area contributed by atoms with Gasteiger partial charge in [0.05, 0.1) is 19.0 Å². The molecule has 0 aliphatic rings. The molecule has 0 saturated heterocycles. The van der Waals surface area contributed by atoms with Gasteiger partial charge in [0, 0.05) is 18.1 Å². The summed E-state index contributed by atoms with van der Waals surface area (Å²) in [4.78, 5) is 77.2. The fourth-order valence-electron chi connectivity index (χ4n) is 4.32. The van der Waals surface area contributed by atoms with Gasteiger partial charge in [0.25, 0.3) is 0 Å². The molecule has 15 nitrogen and oxygen atoms in total. The van der Waals surface area contributed by atoms with Crippen LogP contribution in [-0.4, -0.2) is 86.3 Å². The quantitative estimate of drug-likeness (QED) is 0.127. The molecule has 0 saturated carbocycles. The van der Waals surface area contributed by atoms with Crippen LogP contribution in [0.5, 0.6) is 0 Å². The molecule has 0 bridgehead atoms. The van der Waals surface area contributed by atoms with Crippen molar-refractivity contribution in [2.24, 2.45) is 5.92 Å². The molecule has 51 heavy (non-hydrogen) atoms. The van der Waals surface area contributed by atoms with Crippen LogP contribution in [0, 0.1) is 5.92 Å². The van der Waals surface area contributed by atoms with Crippen molar-refractivity contribution >= 4 is 45.6 Å². The number of hydrogen-bond acceptors (Lipinski definition) is 11. The maximum Gasteiger partial charge on any atom is 0.408 e. The standard InChI is InChI=1S/C35H54N4O11S/c1-23(2)19-27(39-33(45)48-22-24-13-11-10-12-14-24)32(44)38-26(15-16-29(41)49-34(3,4)5)31(43)36-21-28(40)37-25(17-18-51(9,46)47)20-30(42)50-35(6,7)8/h10-14,17-18,23,25-27H,15-16,19-22H2,1-9H3,(H,36,43)(H,37,40)(H,38,44)(H,39,45)/b18-17+/t25-,26+,27+/m1/s1. The summed E-state index contributed by atoms with van der Waals surface area (Å²) in [5.41, 5.74) is -0.891. The minimum Gasteiger partial charge on any atom is -0.460 e. The third kappa shape index (κ3) is 22.1.